The van der Waals surface area contributed by atoms with Gasteiger partial charge in [-0.1, -0.05) is 71.1 Å². The van der Waals surface area contributed by atoms with E-state index in [2.05, 4.69) is 39.0 Å². The predicted octanol–water partition coefficient (Wildman–Crippen LogP) is 5.21. The highest BCUT2D eigenvalue weighted by molar-refractivity contribution is 5.33. The third kappa shape index (κ3) is 5.36. The Bertz CT molecular complexity index is 357. The molecule has 1 N–H and O–H groups in total. The maximum absolute atomic E-state index is 10.4. The Balaban J connectivity index is 2.56. The summed E-state index contributed by atoms with van der Waals surface area (Å²) in [5.41, 5.74) is 3.80. The number of benzene rings is 1. The van der Waals surface area contributed by atoms with E-state index in [1.165, 1.54) is 36.8 Å². The Morgan fingerprint density at radius 2 is 1.68 bits per heavy atom. The van der Waals surface area contributed by atoms with E-state index in [9.17, 15) is 5.11 Å². The molecule has 1 rings (SSSR count). The second kappa shape index (κ2) is 9.14. The molecule has 0 aromatic heterocycles. The summed E-state index contributed by atoms with van der Waals surface area (Å²) in [5, 5.41) is 10.4. The highest BCUT2D eigenvalue weighted by Gasteiger charge is 2.11. The van der Waals surface area contributed by atoms with E-state index in [0.717, 1.165) is 31.2 Å². The van der Waals surface area contributed by atoms with Gasteiger partial charge in [0.2, 0.25) is 0 Å². The van der Waals surface area contributed by atoms with E-state index in [-0.39, 0.29) is 6.10 Å². The summed E-state index contributed by atoms with van der Waals surface area (Å²) in [4.78, 5) is 0. The van der Waals surface area contributed by atoms with Crippen LogP contribution in [0.25, 0.3) is 0 Å². The summed E-state index contributed by atoms with van der Waals surface area (Å²) >= 11 is 0. The zero-order valence-electron chi connectivity index (χ0n) is 12.9. The van der Waals surface area contributed by atoms with Crippen LogP contribution in [0.5, 0.6) is 0 Å². The molecule has 0 bridgehead atoms. The summed E-state index contributed by atoms with van der Waals surface area (Å²) in [5.74, 6) is 0. The van der Waals surface area contributed by atoms with Crippen molar-refractivity contribution < 1.29 is 5.11 Å². The Kier molecular flexibility index (Phi) is 7.81. The smallest absolute Gasteiger partial charge is 0.0792 e. The number of aliphatic hydroxyl groups excluding tert-OH is 1. The third-order valence-electron chi connectivity index (χ3n) is 3.94. The number of rotatable bonds is 9. The fourth-order valence-electron chi connectivity index (χ4n) is 2.59. The molecule has 1 atom stereocenters. The SMILES string of the molecule is CCCCCCCC(O)c1cc(CC)ccc1CC. The molecule has 0 saturated heterocycles. The van der Waals surface area contributed by atoms with Crippen LogP contribution in [0, 0.1) is 0 Å². The number of aryl methyl sites for hydroxylation is 2. The fourth-order valence-corrected chi connectivity index (χ4v) is 2.59. The number of unbranched alkanes of at least 4 members (excludes halogenated alkanes) is 4. The van der Waals surface area contributed by atoms with Crippen molar-refractivity contribution in [2.75, 3.05) is 0 Å². The minimum absolute atomic E-state index is 0.275. The monoisotopic (exact) mass is 262 g/mol. The van der Waals surface area contributed by atoms with Gasteiger partial charge in [-0.25, -0.2) is 0 Å². The first-order valence-electron chi connectivity index (χ1n) is 8.02. The minimum atomic E-state index is -0.275. The van der Waals surface area contributed by atoms with Crippen molar-refractivity contribution in [2.45, 2.75) is 78.2 Å². The Morgan fingerprint density at radius 1 is 0.947 bits per heavy atom. The maximum Gasteiger partial charge on any atom is 0.0792 e. The van der Waals surface area contributed by atoms with Crippen LogP contribution in [0.15, 0.2) is 18.2 Å². The molecule has 1 heteroatoms. The van der Waals surface area contributed by atoms with Crippen molar-refractivity contribution in [3.63, 3.8) is 0 Å². The molecule has 0 aliphatic carbocycles. The van der Waals surface area contributed by atoms with Gasteiger partial charge in [-0.05, 0) is 36.0 Å². The van der Waals surface area contributed by atoms with Crippen LogP contribution in [0.2, 0.25) is 0 Å². The van der Waals surface area contributed by atoms with Crippen LogP contribution in [-0.4, -0.2) is 5.11 Å². The fraction of sp³-hybridized carbons (Fsp3) is 0.667. The molecule has 108 valence electrons. The quantitative estimate of drug-likeness (QED) is 0.606. The van der Waals surface area contributed by atoms with Gasteiger partial charge in [0.1, 0.15) is 0 Å². The van der Waals surface area contributed by atoms with Crippen LogP contribution >= 0.6 is 0 Å². The van der Waals surface area contributed by atoms with Crippen molar-refractivity contribution in [1.82, 2.24) is 0 Å². The van der Waals surface area contributed by atoms with Crippen molar-refractivity contribution >= 4 is 0 Å². The highest BCUT2D eigenvalue weighted by Crippen LogP contribution is 2.25. The lowest BCUT2D eigenvalue weighted by molar-refractivity contribution is 0.162. The lowest BCUT2D eigenvalue weighted by atomic mass is 9.94. The van der Waals surface area contributed by atoms with Gasteiger partial charge in [-0.3, -0.25) is 0 Å². The van der Waals surface area contributed by atoms with E-state index < -0.39 is 0 Å². The third-order valence-corrected chi connectivity index (χ3v) is 3.94. The molecule has 0 radical (unpaired) electrons. The second-order valence-electron chi connectivity index (χ2n) is 5.46. The Hall–Kier alpha value is -0.820. The Morgan fingerprint density at radius 3 is 2.32 bits per heavy atom. The normalized spacial score (nSPS) is 12.6. The molecule has 1 aromatic carbocycles. The average molecular weight is 262 g/mol. The van der Waals surface area contributed by atoms with Crippen molar-refractivity contribution in [3.8, 4) is 0 Å². The minimum Gasteiger partial charge on any atom is -0.388 e. The van der Waals surface area contributed by atoms with Crippen molar-refractivity contribution in [2.24, 2.45) is 0 Å². The van der Waals surface area contributed by atoms with E-state index in [1.807, 2.05) is 0 Å². The highest BCUT2D eigenvalue weighted by atomic mass is 16.3. The first-order valence-corrected chi connectivity index (χ1v) is 8.02. The largest absolute Gasteiger partial charge is 0.388 e. The average Bonchev–Trinajstić information content (AvgIpc) is 2.46. The zero-order chi connectivity index (χ0) is 14.1. The molecule has 1 nitrogen and oxygen atoms in total. The van der Waals surface area contributed by atoms with Gasteiger partial charge in [-0.15, -0.1) is 0 Å². The van der Waals surface area contributed by atoms with Gasteiger partial charge in [0.05, 0.1) is 6.10 Å². The summed E-state index contributed by atoms with van der Waals surface area (Å²) < 4.78 is 0. The molecule has 0 fully saturated rings. The first kappa shape index (κ1) is 16.2. The molecule has 19 heavy (non-hydrogen) atoms. The van der Waals surface area contributed by atoms with Crippen LogP contribution in [-0.2, 0) is 12.8 Å². The van der Waals surface area contributed by atoms with Gasteiger partial charge in [-0.2, -0.15) is 0 Å². The van der Waals surface area contributed by atoms with Gasteiger partial charge < -0.3 is 5.11 Å². The molecular formula is C18H30O. The van der Waals surface area contributed by atoms with Crippen molar-refractivity contribution in [3.05, 3.63) is 34.9 Å². The van der Waals surface area contributed by atoms with E-state index in [0.29, 0.717) is 0 Å². The van der Waals surface area contributed by atoms with E-state index in [4.69, 9.17) is 0 Å². The Labute approximate surface area is 119 Å². The molecule has 0 spiro atoms. The molecule has 1 unspecified atom stereocenters. The van der Waals surface area contributed by atoms with Crippen LogP contribution in [0.3, 0.4) is 0 Å². The molecule has 0 aliphatic rings. The summed E-state index contributed by atoms with van der Waals surface area (Å²) in [6, 6.07) is 6.58. The van der Waals surface area contributed by atoms with Gasteiger partial charge in [0, 0.05) is 0 Å². The summed E-state index contributed by atoms with van der Waals surface area (Å²) in [7, 11) is 0. The zero-order valence-corrected chi connectivity index (χ0v) is 12.9. The lowest BCUT2D eigenvalue weighted by Gasteiger charge is -2.16. The standard InChI is InChI=1S/C18H30O/c1-4-7-8-9-10-11-18(19)17-14-15(5-2)12-13-16(17)6-3/h12-14,18-19H,4-11H2,1-3H3. The van der Waals surface area contributed by atoms with Crippen LogP contribution in [0.1, 0.15) is 82.1 Å². The molecule has 1 aromatic rings. The molecule has 0 aliphatic heterocycles. The maximum atomic E-state index is 10.4. The van der Waals surface area contributed by atoms with Crippen LogP contribution in [0.4, 0.5) is 0 Å². The summed E-state index contributed by atoms with van der Waals surface area (Å²) in [6.07, 6.45) is 8.97. The molecular weight excluding hydrogens is 232 g/mol. The topological polar surface area (TPSA) is 20.2 Å². The number of hydrogen-bond donors (Lipinski definition) is 1. The second-order valence-corrected chi connectivity index (χ2v) is 5.46. The van der Waals surface area contributed by atoms with Gasteiger partial charge >= 0.3 is 0 Å². The molecule has 0 heterocycles. The number of aliphatic hydroxyl groups is 1. The molecule has 0 saturated carbocycles. The molecule has 0 amide bonds. The van der Waals surface area contributed by atoms with Gasteiger partial charge in [0.15, 0.2) is 0 Å². The van der Waals surface area contributed by atoms with E-state index in [1.54, 1.807) is 0 Å². The lowest BCUT2D eigenvalue weighted by Crippen LogP contribution is -2.03. The predicted molar refractivity (Wildman–Crippen MR) is 83.5 cm³/mol. The van der Waals surface area contributed by atoms with Crippen LogP contribution < -0.4 is 0 Å². The number of hydrogen-bond acceptors (Lipinski definition) is 1. The summed E-state index contributed by atoms with van der Waals surface area (Å²) in [6.45, 7) is 6.57. The first-order chi connectivity index (χ1) is 9.22. The van der Waals surface area contributed by atoms with Crippen molar-refractivity contribution in [1.29, 1.82) is 0 Å². The van der Waals surface area contributed by atoms with Gasteiger partial charge in [0.25, 0.3) is 0 Å². The van der Waals surface area contributed by atoms with E-state index >= 15 is 0 Å².